The van der Waals surface area contributed by atoms with Crippen molar-refractivity contribution in [3.63, 3.8) is 0 Å². The number of benzene rings is 1. The fourth-order valence-corrected chi connectivity index (χ4v) is 2.99. The van der Waals surface area contributed by atoms with Gasteiger partial charge in [-0.2, -0.15) is 0 Å². The summed E-state index contributed by atoms with van der Waals surface area (Å²) in [5.74, 6) is 7.24. The highest BCUT2D eigenvalue weighted by molar-refractivity contribution is 5.79. The molecule has 0 radical (unpaired) electrons. The van der Waals surface area contributed by atoms with Crippen LogP contribution in [0.1, 0.15) is 43.7 Å². The zero-order valence-corrected chi connectivity index (χ0v) is 11.6. The predicted octanol–water partition coefficient (Wildman–Crippen LogP) is 1.86. The molecule has 3 rings (SSSR count). The smallest absolute Gasteiger partial charge is 0.206 e. The minimum Gasteiger partial charge on any atom is -0.493 e. The molecule has 5 nitrogen and oxygen atoms in total. The lowest BCUT2D eigenvalue weighted by Gasteiger charge is -2.24. The number of rotatable bonds is 2. The van der Waals surface area contributed by atoms with E-state index in [2.05, 4.69) is 16.8 Å². The van der Waals surface area contributed by atoms with E-state index in [1.807, 2.05) is 18.2 Å². The molecule has 1 saturated carbocycles. The first kappa shape index (κ1) is 13.2. The van der Waals surface area contributed by atoms with E-state index in [1.165, 1.54) is 25.7 Å². The zero-order valence-electron chi connectivity index (χ0n) is 11.6. The second-order valence-electron chi connectivity index (χ2n) is 5.44. The van der Waals surface area contributed by atoms with Gasteiger partial charge in [-0.05, 0) is 18.9 Å². The van der Waals surface area contributed by atoms with Gasteiger partial charge in [-0.25, -0.2) is 10.8 Å². The third kappa shape index (κ3) is 2.88. The minimum absolute atomic E-state index is 0.111. The maximum atomic E-state index is 5.66. The molecule has 1 atom stereocenters. The first-order valence-corrected chi connectivity index (χ1v) is 7.39. The fourth-order valence-electron chi connectivity index (χ4n) is 2.99. The van der Waals surface area contributed by atoms with E-state index < -0.39 is 0 Å². The van der Waals surface area contributed by atoms with Crippen LogP contribution in [0.2, 0.25) is 0 Å². The molecule has 5 heteroatoms. The third-order valence-corrected chi connectivity index (χ3v) is 4.04. The predicted molar refractivity (Wildman–Crippen MR) is 79.4 cm³/mol. The number of guanidine groups is 1. The number of nitrogens with two attached hydrogens (primary N) is 1. The van der Waals surface area contributed by atoms with Gasteiger partial charge in [-0.15, -0.1) is 0 Å². The van der Waals surface area contributed by atoms with Crippen molar-refractivity contribution in [2.45, 2.75) is 44.2 Å². The fraction of sp³-hybridized carbons (Fsp3) is 0.533. The lowest BCUT2D eigenvalue weighted by molar-refractivity contribution is 0.269. The first-order valence-electron chi connectivity index (χ1n) is 7.39. The van der Waals surface area contributed by atoms with Crippen molar-refractivity contribution in [1.29, 1.82) is 0 Å². The summed E-state index contributed by atoms with van der Waals surface area (Å²) >= 11 is 0. The van der Waals surface area contributed by atoms with E-state index in [9.17, 15) is 0 Å². The lowest BCUT2D eigenvalue weighted by atomic mass is 10.0. The molecule has 1 aliphatic carbocycles. The van der Waals surface area contributed by atoms with Crippen LogP contribution >= 0.6 is 0 Å². The summed E-state index contributed by atoms with van der Waals surface area (Å²) in [5, 5.41) is 3.42. The van der Waals surface area contributed by atoms with E-state index in [-0.39, 0.29) is 6.04 Å². The summed E-state index contributed by atoms with van der Waals surface area (Å²) in [6, 6.07) is 8.70. The van der Waals surface area contributed by atoms with Gasteiger partial charge in [0.1, 0.15) is 5.75 Å². The molecule has 20 heavy (non-hydrogen) atoms. The number of hydrogen-bond acceptors (Lipinski definition) is 3. The van der Waals surface area contributed by atoms with Crippen LogP contribution in [0, 0.1) is 0 Å². The van der Waals surface area contributed by atoms with Gasteiger partial charge >= 0.3 is 0 Å². The van der Waals surface area contributed by atoms with Gasteiger partial charge in [0.25, 0.3) is 0 Å². The van der Waals surface area contributed by atoms with E-state index in [0.717, 1.165) is 17.7 Å². The highest BCUT2D eigenvalue weighted by atomic mass is 16.5. The molecule has 108 valence electrons. The van der Waals surface area contributed by atoms with Crippen LogP contribution in [-0.4, -0.2) is 18.6 Å². The number of para-hydroxylation sites is 1. The van der Waals surface area contributed by atoms with Crippen molar-refractivity contribution in [2.75, 3.05) is 6.61 Å². The number of nitrogens with one attached hydrogen (secondary N) is 2. The molecule has 4 N–H and O–H groups in total. The Bertz CT molecular complexity index is 483. The molecule has 1 aromatic rings. The molecule has 0 bridgehead atoms. The standard InChI is InChI=1S/C15H22N4O/c16-19-15(17-11-5-1-2-6-11)18-13-9-10-20-14-8-4-3-7-12(13)14/h3-4,7-8,11,13H,1-2,5-6,9-10,16H2,(H2,17,18,19). The molecule has 0 amide bonds. The molecule has 0 saturated heterocycles. The number of ether oxygens (including phenoxy) is 1. The average molecular weight is 274 g/mol. The van der Waals surface area contributed by atoms with Gasteiger partial charge in [-0.3, -0.25) is 5.43 Å². The highest BCUT2D eigenvalue weighted by Crippen LogP contribution is 2.34. The molecule has 1 aromatic carbocycles. The van der Waals surface area contributed by atoms with E-state index >= 15 is 0 Å². The van der Waals surface area contributed by atoms with Crippen LogP contribution in [0.3, 0.4) is 0 Å². The van der Waals surface area contributed by atoms with Crippen LogP contribution in [0.5, 0.6) is 5.75 Å². The van der Waals surface area contributed by atoms with Gasteiger partial charge in [0, 0.05) is 18.0 Å². The summed E-state index contributed by atoms with van der Waals surface area (Å²) < 4.78 is 5.66. The lowest BCUT2D eigenvalue weighted by Crippen LogP contribution is -2.46. The van der Waals surface area contributed by atoms with Gasteiger partial charge in [0.2, 0.25) is 5.96 Å². The molecular formula is C15H22N4O. The Morgan fingerprint density at radius 3 is 2.80 bits per heavy atom. The maximum absolute atomic E-state index is 5.66. The van der Waals surface area contributed by atoms with Gasteiger partial charge < -0.3 is 10.1 Å². The van der Waals surface area contributed by atoms with Crippen LogP contribution in [-0.2, 0) is 0 Å². The topological polar surface area (TPSA) is 71.7 Å². The van der Waals surface area contributed by atoms with Crippen LogP contribution in [0.4, 0.5) is 0 Å². The second kappa shape index (κ2) is 6.13. The molecule has 1 unspecified atom stereocenters. The van der Waals surface area contributed by atoms with Crippen molar-refractivity contribution in [1.82, 2.24) is 10.7 Å². The van der Waals surface area contributed by atoms with Crippen LogP contribution in [0.15, 0.2) is 29.3 Å². The Kier molecular flexibility index (Phi) is 4.06. The van der Waals surface area contributed by atoms with Gasteiger partial charge in [-0.1, -0.05) is 31.0 Å². The molecule has 0 aromatic heterocycles. The Morgan fingerprint density at radius 1 is 1.20 bits per heavy atom. The molecular weight excluding hydrogens is 252 g/mol. The summed E-state index contributed by atoms with van der Waals surface area (Å²) in [6.07, 6.45) is 5.86. The Balaban J connectivity index is 1.76. The van der Waals surface area contributed by atoms with Crippen LogP contribution in [0.25, 0.3) is 0 Å². The quantitative estimate of drug-likeness (QED) is 0.333. The monoisotopic (exact) mass is 274 g/mol. The van der Waals surface area contributed by atoms with Crippen molar-refractivity contribution in [3.05, 3.63) is 29.8 Å². The Hall–Kier alpha value is -1.75. The molecule has 1 aliphatic heterocycles. The number of nitrogens with zero attached hydrogens (tertiary/aromatic N) is 1. The molecule has 1 fully saturated rings. The molecule has 0 spiro atoms. The summed E-state index contributed by atoms with van der Waals surface area (Å²) in [4.78, 5) is 4.75. The highest BCUT2D eigenvalue weighted by Gasteiger charge is 2.22. The Morgan fingerprint density at radius 2 is 2.00 bits per heavy atom. The van der Waals surface area contributed by atoms with Crippen molar-refractivity contribution in [2.24, 2.45) is 10.8 Å². The first-order chi connectivity index (χ1) is 9.86. The average Bonchev–Trinajstić information content (AvgIpc) is 3.00. The SMILES string of the molecule is NNC(=NC1CCOc2ccccc21)NC1CCCC1. The summed E-state index contributed by atoms with van der Waals surface area (Å²) in [6.45, 7) is 0.701. The Labute approximate surface area is 119 Å². The minimum atomic E-state index is 0.111. The number of hydrogen-bond donors (Lipinski definition) is 3. The summed E-state index contributed by atoms with van der Waals surface area (Å²) in [7, 11) is 0. The normalized spacial score (nSPS) is 23.1. The number of fused-ring (bicyclic) bond motifs is 1. The second-order valence-corrected chi connectivity index (χ2v) is 5.44. The van der Waals surface area contributed by atoms with E-state index in [4.69, 9.17) is 15.6 Å². The number of aliphatic imine (C=N–C) groups is 1. The van der Waals surface area contributed by atoms with Gasteiger partial charge in [0.15, 0.2) is 0 Å². The van der Waals surface area contributed by atoms with Crippen molar-refractivity contribution < 1.29 is 4.74 Å². The zero-order chi connectivity index (χ0) is 13.8. The third-order valence-electron chi connectivity index (χ3n) is 4.04. The van der Waals surface area contributed by atoms with E-state index in [1.54, 1.807) is 0 Å². The number of hydrazine groups is 1. The van der Waals surface area contributed by atoms with Crippen molar-refractivity contribution >= 4 is 5.96 Å². The largest absolute Gasteiger partial charge is 0.493 e. The van der Waals surface area contributed by atoms with E-state index in [0.29, 0.717) is 18.6 Å². The summed E-state index contributed by atoms with van der Waals surface area (Å²) in [5.41, 5.74) is 3.84. The van der Waals surface area contributed by atoms with Crippen molar-refractivity contribution in [3.8, 4) is 5.75 Å². The molecule has 1 heterocycles. The maximum Gasteiger partial charge on any atom is 0.206 e. The van der Waals surface area contributed by atoms with Crippen LogP contribution < -0.4 is 21.3 Å². The van der Waals surface area contributed by atoms with Gasteiger partial charge in [0.05, 0.1) is 12.6 Å². The molecule has 2 aliphatic rings.